The molecule has 0 aliphatic carbocycles. The van der Waals surface area contributed by atoms with E-state index in [1.165, 1.54) is 0 Å². The molecule has 1 aromatic rings. The van der Waals surface area contributed by atoms with Gasteiger partial charge in [-0.2, -0.15) is 5.10 Å². The fourth-order valence-electron chi connectivity index (χ4n) is 1.75. The van der Waals surface area contributed by atoms with E-state index in [2.05, 4.69) is 17.5 Å². The van der Waals surface area contributed by atoms with Crippen molar-refractivity contribution in [2.45, 2.75) is 54.0 Å². The van der Waals surface area contributed by atoms with E-state index in [4.69, 9.17) is 0 Å². The summed E-state index contributed by atoms with van der Waals surface area (Å²) in [6.45, 7) is 11.7. The Bertz CT molecular complexity index is 423. The molecule has 0 heterocycles. The van der Waals surface area contributed by atoms with E-state index in [0.717, 1.165) is 23.1 Å². The molecule has 0 aromatic heterocycles. The van der Waals surface area contributed by atoms with Crippen molar-refractivity contribution < 1.29 is 4.79 Å². The predicted molar refractivity (Wildman–Crippen MR) is 83.0 cm³/mol. The zero-order valence-electron chi connectivity index (χ0n) is 12.9. The first-order valence-corrected chi connectivity index (χ1v) is 6.76. The molecule has 1 N–H and O–H groups in total. The number of aryl methyl sites for hydroxylation is 2. The lowest BCUT2D eigenvalue weighted by molar-refractivity contribution is 0.101. The summed E-state index contributed by atoms with van der Waals surface area (Å²) < 4.78 is 0. The lowest BCUT2D eigenvalue weighted by Gasteiger charge is -2.06. The van der Waals surface area contributed by atoms with E-state index in [0.29, 0.717) is 6.04 Å². The Balaban J connectivity index is 0.000000399. The van der Waals surface area contributed by atoms with Gasteiger partial charge in [-0.05, 0) is 52.2 Å². The quantitative estimate of drug-likeness (QED) is 0.510. The number of carbonyl (C=O) groups excluding carboxylic acids is 1. The third kappa shape index (κ3) is 6.75. The van der Waals surface area contributed by atoms with Gasteiger partial charge in [0.15, 0.2) is 5.78 Å². The van der Waals surface area contributed by atoms with Crippen LogP contribution in [0.15, 0.2) is 23.3 Å². The number of rotatable bonds is 4. The Morgan fingerprint density at radius 3 is 2.37 bits per heavy atom. The van der Waals surface area contributed by atoms with Gasteiger partial charge in [0.2, 0.25) is 0 Å². The Morgan fingerprint density at radius 2 is 2.05 bits per heavy atom. The summed E-state index contributed by atoms with van der Waals surface area (Å²) in [5.74, 6) is 0.171. The minimum Gasteiger partial charge on any atom is -0.308 e. The van der Waals surface area contributed by atoms with Gasteiger partial charge in [0.25, 0.3) is 0 Å². The number of ketones is 1. The molecule has 19 heavy (non-hydrogen) atoms. The summed E-state index contributed by atoms with van der Waals surface area (Å²) in [5, 5.41) is 3.80. The number of Topliss-reactive ketones (excluding diaryl/α,β-unsaturated/α-hetero) is 1. The van der Waals surface area contributed by atoms with Gasteiger partial charge in [-0.25, -0.2) is 0 Å². The van der Waals surface area contributed by atoms with Crippen LogP contribution in [0.1, 0.15) is 56.1 Å². The smallest absolute Gasteiger partial charge is 0.160 e. The maximum Gasteiger partial charge on any atom is 0.160 e. The SMILES string of the molecule is C/C=N\NC(C)C.CCc1cccc(C)c1C(C)=O. The van der Waals surface area contributed by atoms with Crippen molar-refractivity contribution in [1.29, 1.82) is 0 Å². The molecule has 0 saturated heterocycles. The Morgan fingerprint density at radius 1 is 1.42 bits per heavy atom. The molecule has 0 spiro atoms. The highest BCUT2D eigenvalue weighted by Crippen LogP contribution is 2.15. The zero-order chi connectivity index (χ0) is 14.8. The minimum absolute atomic E-state index is 0.171. The zero-order valence-corrected chi connectivity index (χ0v) is 12.9. The van der Waals surface area contributed by atoms with E-state index < -0.39 is 0 Å². The average molecular weight is 262 g/mol. The van der Waals surface area contributed by atoms with Gasteiger partial charge in [0.1, 0.15) is 0 Å². The normalized spacial score (nSPS) is 10.3. The van der Waals surface area contributed by atoms with Gasteiger partial charge in [-0.15, -0.1) is 0 Å². The Kier molecular flexibility index (Phi) is 8.51. The summed E-state index contributed by atoms with van der Waals surface area (Å²) in [6.07, 6.45) is 2.66. The maximum atomic E-state index is 11.2. The van der Waals surface area contributed by atoms with Gasteiger partial charge in [0, 0.05) is 17.8 Å². The van der Waals surface area contributed by atoms with Crippen molar-refractivity contribution >= 4 is 12.0 Å². The highest BCUT2D eigenvalue weighted by Gasteiger charge is 2.07. The molecule has 0 atom stereocenters. The van der Waals surface area contributed by atoms with E-state index >= 15 is 0 Å². The first-order valence-electron chi connectivity index (χ1n) is 6.76. The molecule has 0 aliphatic rings. The number of carbonyl (C=O) groups is 1. The first kappa shape index (κ1) is 17.4. The molecule has 1 rings (SSSR count). The predicted octanol–water partition coefficient (Wildman–Crippen LogP) is 3.75. The fourth-order valence-corrected chi connectivity index (χ4v) is 1.75. The Hall–Kier alpha value is -1.64. The molecule has 1 aromatic carbocycles. The van der Waals surface area contributed by atoms with Crippen LogP contribution >= 0.6 is 0 Å². The monoisotopic (exact) mass is 262 g/mol. The van der Waals surface area contributed by atoms with Crippen LogP contribution in [0.4, 0.5) is 0 Å². The molecule has 0 radical (unpaired) electrons. The molecule has 0 fully saturated rings. The van der Waals surface area contributed by atoms with Gasteiger partial charge in [-0.1, -0.05) is 25.1 Å². The van der Waals surface area contributed by atoms with Crippen molar-refractivity contribution in [2.75, 3.05) is 0 Å². The van der Waals surface area contributed by atoms with Crippen LogP contribution in [0.5, 0.6) is 0 Å². The maximum absolute atomic E-state index is 11.2. The van der Waals surface area contributed by atoms with Crippen LogP contribution in [0, 0.1) is 6.92 Å². The fraction of sp³-hybridized carbons (Fsp3) is 0.500. The summed E-state index contributed by atoms with van der Waals surface area (Å²) in [4.78, 5) is 11.2. The summed E-state index contributed by atoms with van der Waals surface area (Å²) in [6, 6.07) is 6.46. The third-order valence-corrected chi connectivity index (χ3v) is 2.55. The standard InChI is InChI=1S/C11H14O.C5H12N2/c1-4-10-7-5-6-8(2)11(10)9(3)12;1-4-6-7-5(2)3/h5-7H,4H2,1-3H3;4-5,7H,1-3H3/b;6-4-. The topological polar surface area (TPSA) is 41.5 Å². The summed E-state index contributed by atoms with van der Waals surface area (Å²) in [5.41, 5.74) is 6.01. The van der Waals surface area contributed by atoms with Gasteiger partial charge < -0.3 is 5.43 Å². The van der Waals surface area contributed by atoms with Gasteiger partial charge in [-0.3, -0.25) is 4.79 Å². The highest BCUT2D eigenvalue weighted by atomic mass is 16.1. The van der Waals surface area contributed by atoms with E-state index in [-0.39, 0.29) is 5.78 Å². The lowest BCUT2D eigenvalue weighted by atomic mass is 9.97. The van der Waals surface area contributed by atoms with Crippen LogP contribution in [-0.2, 0) is 6.42 Å². The van der Waals surface area contributed by atoms with Crippen LogP contribution < -0.4 is 5.43 Å². The number of hydrogen-bond acceptors (Lipinski definition) is 3. The summed E-state index contributed by atoms with van der Waals surface area (Å²) >= 11 is 0. The van der Waals surface area contributed by atoms with Crippen LogP contribution in [0.2, 0.25) is 0 Å². The molecule has 0 bridgehead atoms. The molecule has 3 nitrogen and oxygen atoms in total. The molecule has 0 amide bonds. The van der Waals surface area contributed by atoms with Crippen molar-refractivity contribution in [2.24, 2.45) is 5.10 Å². The number of nitrogens with zero attached hydrogens (tertiary/aromatic N) is 1. The molecular formula is C16H26N2O. The minimum atomic E-state index is 0.171. The van der Waals surface area contributed by atoms with Crippen molar-refractivity contribution in [1.82, 2.24) is 5.43 Å². The van der Waals surface area contributed by atoms with Crippen molar-refractivity contribution in [3.63, 3.8) is 0 Å². The highest BCUT2D eigenvalue weighted by molar-refractivity contribution is 5.96. The molecule has 3 heteroatoms. The van der Waals surface area contributed by atoms with E-state index in [1.807, 2.05) is 45.9 Å². The summed E-state index contributed by atoms with van der Waals surface area (Å²) in [7, 11) is 0. The van der Waals surface area contributed by atoms with Gasteiger partial charge in [0.05, 0.1) is 0 Å². The van der Waals surface area contributed by atoms with Crippen LogP contribution in [0.3, 0.4) is 0 Å². The Labute approximate surface area is 117 Å². The molecule has 106 valence electrons. The second kappa shape index (κ2) is 9.31. The van der Waals surface area contributed by atoms with E-state index in [9.17, 15) is 4.79 Å². The third-order valence-electron chi connectivity index (χ3n) is 2.55. The van der Waals surface area contributed by atoms with Crippen molar-refractivity contribution in [3.05, 3.63) is 34.9 Å². The molecule has 0 unspecified atom stereocenters. The number of hydrazone groups is 1. The van der Waals surface area contributed by atoms with Crippen molar-refractivity contribution in [3.8, 4) is 0 Å². The first-order chi connectivity index (χ1) is 8.93. The number of hydrogen-bond donors (Lipinski definition) is 1. The molecular weight excluding hydrogens is 236 g/mol. The largest absolute Gasteiger partial charge is 0.308 e. The van der Waals surface area contributed by atoms with Crippen LogP contribution in [-0.4, -0.2) is 18.0 Å². The number of nitrogens with one attached hydrogen (secondary N) is 1. The number of benzene rings is 1. The molecule has 0 aliphatic heterocycles. The lowest BCUT2D eigenvalue weighted by Crippen LogP contribution is -2.15. The van der Waals surface area contributed by atoms with Gasteiger partial charge >= 0.3 is 0 Å². The second-order valence-electron chi connectivity index (χ2n) is 4.69. The second-order valence-corrected chi connectivity index (χ2v) is 4.69. The average Bonchev–Trinajstić information content (AvgIpc) is 2.36. The van der Waals surface area contributed by atoms with E-state index in [1.54, 1.807) is 13.1 Å². The van der Waals surface area contributed by atoms with Crippen LogP contribution in [0.25, 0.3) is 0 Å². The molecule has 0 saturated carbocycles.